The summed E-state index contributed by atoms with van der Waals surface area (Å²) in [5.41, 5.74) is 2.75. The van der Waals surface area contributed by atoms with Crippen LogP contribution in [0.15, 0.2) is 58.9 Å². The number of aliphatic carboxylic acids is 1. The predicted molar refractivity (Wildman–Crippen MR) is 98.0 cm³/mol. The van der Waals surface area contributed by atoms with Crippen molar-refractivity contribution in [2.45, 2.75) is 18.0 Å². The Morgan fingerprint density at radius 3 is 2.48 bits per heavy atom. The van der Waals surface area contributed by atoms with E-state index < -0.39 is 5.97 Å². The SMILES string of the molecule is O=C(O)Cc1ccc(CNSc2csc(-c3ccc(F)cc3)n2)cc1. The van der Waals surface area contributed by atoms with Crippen LogP contribution in [-0.2, 0) is 17.8 Å². The van der Waals surface area contributed by atoms with Crippen molar-refractivity contribution in [3.05, 3.63) is 70.9 Å². The van der Waals surface area contributed by atoms with E-state index in [1.54, 1.807) is 12.1 Å². The molecule has 0 unspecified atom stereocenters. The molecule has 0 aliphatic heterocycles. The Balaban J connectivity index is 1.52. The Bertz CT molecular complexity index is 848. The minimum Gasteiger partial charge on any atom is -0.481 e. The lowest BCUT2D eigenvalue weighted by atomic mass is 10.1. The molecule has 0 amide bonds. The molecule has 2 aromatic carbocycles. The molecule has 0 aliphatic rings. The molecule has 0 fully saturated rings. The molecule has 0 saturated carbocycles. The fraction of sp³-hybridized carbons (Fsp3) is 0.111. The number of halogens is 1. The summed E-state index contributed by atoms with van der Waals surface area (Å²) in [5.74, 6) is -1.09. The zero-order valence-corrected chi connectivity index (χ0v) is 14.7. The Hall–Kier alpha value is -2.22. The maximum atomic E-state index is 13.0. The Morgan fingerprint density at radius 2 is 1.80 bits per heavy atom. The number of thiazole rings is 1. The third-order valence-corrected chi connectivity index (χ3v) is 5.15. The van der Waals surface area contributed by atoms with Crippen molar-refractivity contribution in [3.8, 4) is 10.6 Å². The second-order valence-corrected chi connectivity index (χ2v) is 7.08. The molecule has 0 spiro atoms. The minimum atomic E-state index is -0.832. The quantitative estimate of drug-likeness (QED) is 0.601. The largest absolute Gasteiger partial charge is 0.481 e. The highest BCUT2D eigenvalue weighted by atomic mass is 32.2. The van der Waals surface area contributed by atoms with Crippen LogP contribution in [0.25, 0.3) is 10.6 Å². The van der Waals surface area contributed by atoms with E-state index in [2.05, 4.69) is 9.71 Å². The first-order valence-electron chi connectivity index (χ1n) is 7.51. The van der Waals surface area contributed by atoms with E-state index in [0.29, 0.717) is 6.54 Å². The normalized spacial score (nSPS) is 10.8. The van der Waals surface area contributed by atoms with Gasteiger partial charge in [-0.3, -0.25) is 9.52 Å². The van der Waals surface area contributed by atoms with Crippen LogP contribution in [0.4, 0.5) is 4.39 Å². The predicted octanol–water partition coefficient (Wildman–Crippen LogP) is 4.37. The summed E-state index contributed by atoms with van der Waals surface area (Å²) in [4.78, 5) is 15.2. The van der Waals surface area contributed by atoms with Gasteiger partial charge in [-0.15, -0.1) is 11.3 Å². The van der Waals surface area contributed by atoms with Gasteiger partial charge < -0.3 is 5.11 Å². The van der Waals surface area contributed by atoms with E-state index in [1.165, 1.54) is 35.4 Å². The Morgan fingerprint density at radius 1 is 1.12 bits per heavy atom. The molecule has 0 aliphatic carbocycles. The second kappa shape index (κ2) is 8.24. The number of nitrogens with zero attached hydrogens (tertiary/aromatic N) is 1. The van der Waals surface area contributed by atoms with E-state index in [1.807, 2.05) is 29.6 Å². The van der Waals surface area contributed by atoms with Crippen molar-refractivity contribution >= 4 is 29.3 Å². The van der Waals surface area contributed by atoms with Crippen molar-refractivity contribution in [1.82, 2.24) is 9.71 Å². The van der Waals surface area contributed by atoms with E-state index in [-0.39, 0.29) is 12.2 Å². The van der Waals surface area contributed by atoms with Gasteiger partial charge in [0.1, 0.15) is 15.9 Å². The average molecular weight is 374 g/mol. The molecule has 1 aromatic heterocycles. The van der Waals surface area contributed by atoms with E-state index >= 15 is 0 Å². The molecule has 7 heteroatoms. The van der Waals surface area contributed by atoms with Crippen molar-refractivity contribution in [1.29, 1.82) is 0 Å². The molecule has 3 rings (SSSR count). The van der Waals surface area contributed by atoms with Gasteiger partial charge in [-0.25, -0.2) is 9.37 Å². The molecule has 128 valence electrons. The smallest absolute Gasteiger partial charge is 0.307 e. The maximum absolute atomic E-state index is 13.0. The highest BCUT2D eigenvalue weighted by molar-refractivity contribution is 7.97. The minimum absolute atomic E-state index is 0.0352. The first-order valence-corrected chi connectivity index (χ1v) is 9.20. The zero-order valence-electron chi connectivity index (χ0n) is 13.1. The first-order chi connectivity index (χ1) is 12.1. The number of aromatic nitrogens is 1. The van der Waals surface area contributed by atoms with Crippen molar-refractivity contribution < 1.29 is 14.3 Å². The number of carboxylic acids is 1. The van der Waals surface area contributed by atoms with Gasteiger partial charge >= 0.3 is 5.97 Å². The van der Waals surface area contributed by atoms with Crippen LogP contribution in [0.5, 0.6) is 0 Å². The number of carboxylic acid groups (broad SMARTS) is 1. The lowest BCUT2D eigenvalue weighted by molar-refractivity contribution is -0.136. The van der Waals surface area contributed by atoms with Crippen LogP contribution in [0, 0.1) is 5.82 Å². The van der Waals surface area contributed by atoms with Crippen LogP contribution in [0.2, 0.25) is 0 Å². The number of hydrogen-bond acceptors (Lipinski definition) is 5. The summed E-state index contributed by atoms with van der Waals surface area (Å²) >= 11 is 2.94. The van der Waals surface area contributed by atoms with Gasteiger partial charge in [0.2, 0.25) is 0 Å². The molecule has 25 heavy (non-hydrogen) atoms. The van der Waals surface area contributed by atoms with Gasteiger partial charge in [0.05, 0.1) is 6.42 Å². The van der Waals surface area contributed by atoms with Gasteiger partial charge in [-0.1, -0.05) is 24.3 Å². The Labute approximate surface area is 152 Å². The molecule has 1 heterocycles. The molecule has 0 atom stereocenters. The van der Waals surface area contributed by atoms with Gasteiger partial charge in [0, 0.05) is 17.5 Å². The maximum Gasteiger partial charge on any atom is 0.307 e. The zero-order chi connectivity index (χ0) is 17.6. The van der Waals surface area contributed by atoms with Crippen molar-refractivity contribution in [3.63, 3.8) is 0 Å². The third-order valence-electron chi connectivity index (χ3n) is 3.41. The van der Waals surface area contributed by atoms with Crippen LogP contribution in [-0.4, -0.2) is 16.1 Å². The fourth-order valence-corrected chi connectivity index (χ4v) is 3.78. The highest BCUT2D eigenvalue weighted by Gasteiger charge is 2.06. The molecule has 3 aromatic rings. The number of nitrogens with one attached hydrogen (secondary N) is 1. The third kappa shape index (κ3) is 5.12. The van der Waals surface area contributed by atoms with Crippen LogP contribution >= 0.6 is 23.3 Å². The number of benzene rings is 2. The van der Waals surface area contributed by atoms with Gasteiger partial charge in [-0.2, -0.15) is 0 Å². The number of rotatable bonds is 7. The van der Waals surface area contributed by atoms with Crippen LogP contribution in [0.3, 0.4) is 0 Å². The summed E-state index contributed by atoms with van der Waals surface area (Å²) in [5, 5.41) is 12.4. The van der Waals surface area contributed by atoms with Crippen LogP contribution in [0.1, 0.15) is 11.1 Å². The number of carbonyl (C=O) groups is 1. The summed E-state index contributed by atoms with van der Waals surface area (Å²) in [6.45, 7) is 0.640. The molecular weight excluding hydrogens is 359 g/mol. The first kappa shape index (κ1) is 17.6. The number of hydrogen-bond donors (Lipinski definition) is 2. The molecule has 0 radical (unpaired) electrons. The summed E-state index contributed by atoms with van der Waals surface area (Å²) < 4.78 is 16.2. The Kier molecular flexibility index (Phi) is 5.80. The molecule has 4 nitrogen and oxygen atoms in total. The van der Waals surface area contributed by atoms with E-state index in [4.69, 9.17) is 5.11 Å². The highest BCUT2D eigenvalue weighted by Crippen LogP contribution is 2.27. The van der Waals surface area contributed by atoms with Gasteiger partial charge in [0.25, 0.3) is 0 Å². The molecule has 2 N–H and O–H groups in total. The lowest BCUT2D eigenvalue weighted by Gasteiger charge is -2.03. The van der Waals surface area contributed by atoms with Crippen LogP contribution < -0.4 is 4.72 Å². The average Bonchev–Trinajstić information content (AvgIpc) is 3.05. The van der Waals surface area contributed by atoms with Gasteiger partial charge in [-0.05, 0) is 47.3 Å². The van der Waals surface area contributed by atoms with E-state index in [9.17, 15) is 9.18 Å². The molecular formula is C18H15FN2O2S2. The standard InChI is InChI=1S/C18H15FN2O2S2/c19-15-7-5-14(6-8-15)18-21-16(11-24-18)25-20-10-13-3-1-12(2-4-13)9-17(22)23/h1-8,11,20H,9-10H2,(H,22,23). The second-order valence-electron chi connectivity index (χ2n) is 5.31. The molecule has 0 bridgehead atoms. The topological polar surface area (TPSA) is 62.2 Å². The summed E-state index contributed by atoms with van der Waals surface area (Å²) in [6, 6.07) is 13.8. The molecule has 0 saturated heterocycles. The summed E-state index contributed by atoms with van der Waals surface area (Å²) in [6.07, 6.45) is 0.0352. The van der Waals surface area contributed by atoms with Crippen molar-refractivity contribution in [2.75, 3.05) is 0 Å². The lowest BCUT2D eigenvalue weighted by Crippen LogP contribution is -2.04. The van der Waals surface area contributed by atoms with E-state index in [0.717, 1.165) is 26.7 Å². The van der Waals surface area contributed by atoms with Gasteiger partial charge in [0.15, 0.2) is 0 Å². The summed E-state index contributed by atoms with van der Waals surface area (Å²) in [7, 11) is 0. The van der Waals surface area contributed by atoms with Crippen molar-refractivity contribution in [2.24, 2.45) is 0 Å². The monoisotopic (exact) mass is 374 g/mol. The fourth-order valence-electron chi connectivity index (χ4n) is 2.17.